The molecule has 7 nitrogen and oxygen atoms in total. The molecule has 1 amide bonds. The number of carbonyl (C=O) groups excluding carboxylic acids is 1. The Bertz CT molecular complexity index is 1260. The lowest BCUT2D eigenvalue weighted by atomic mass is 9.86. The van der Waals surface area contributed by atoms with Gasteiger partial charge >= 0.3 is 0 Å². The lowest BCUT2D eigenvalue weighted by Gasteiger charge is -2.28. The maximum Gasteiger partial charge on any atom is 0.279 e. The monoisotopic (exact) mass is 469 g/mol. The standard InChI is InChI=1S/C24H24FN3O4S/c1-4-32-18-10-9-14(11-19(18)31-3)16-12-20(29)26-22-21(16)23(30)27-24(28(22)2)33-13-15-7-5-6-8-17(15)25/h5-11,16H,4,12-13H2,1-3H3,(H,26,29)/t16-/m1/s1. The van der Waals surface area contributed by atoms with Gasteiger partial charge in [0.05, 0.1) is 19.3 Å². The van der Waals surface area contributed by atoms with Crippen LogP contribution in [0.3, 0.4) is 0 Å². The third-order valence-corrected chi connectivity index (χ3v) is 6.58. The van der Waals surface area contributed by atoms with Crippen molar-refractivity contribution in [3.05, 3.63) is 75.3 Å². The Labute approximate surface area is 194 Å². The van der Waals surface area contributed by atoms with Gasteiger partial charge in [-0.2, -0.15) is 4.98 Å². The Balaban J connectivity index is 1.72. The minimum absolute atomic E-state index is 0.114. The predicted molar refractivity (Wildman–Crippen MR) is 125 cm³/mol. The van der Waals surface area contributed by atoms with Crippen molar-refractivity contribution in [2.24, 2.45) is 7.05 Å². The lowest BCUT2D eigenvalue weighted by Crippen LogP contribution is -2.33. The Hall–Kier alpha value is -3.33. The number of carbonyl (C=O) groups is 1. The summed E-state index contributed by atoms with van der Waals surface area (Å²) in [6.07, 6.45) is 0.114. The van der Waals surface area contributed by atoms with E-state index in [1.54, 1.807) is 49.1 Å². The quantitative estimate of drug-likeness (QED) is 0.415. The zero-order valence-electron chi connectivity index (χ0n) is 18.6. The highest BCUT2D eigenvalue weighted by atomic mass is 32.2. The number of nitrogens with zero attached hydrogens (tertiary/aromatic N) is 2. The average molecular weight is 470 g/mol. The summed E-state index contributed by atoms with van der Waals surface area (Å²) in [5.74, 6) is 0.839. The fraction of sp³-hybridized carbons (Fsp3) is 0.292. The van der Waals surface area contributed by atoms with Gasteiger partial charge in [0.1, 0.15) is 11.6 Å². The SMILES string of the molecule is CCOc1ccc([C@H]2CC(=O)Nc3c2c(=O)nc(SCc2ccccc2F)n3C)cc1OC. The summed E-state index contributed by atoms with van der Waals surface area (Å²) < 4.78 is 26.7. The molecule has 3 aromatic rings. The van der Waals surface area contributed by atoms with Crippen LogP contribution in [-0.4, -0.2) is 29.2 Å². The van der Waals surface area contributed by atoms with Crippen LogP contribution in [0.15, 0.2) is 52.4 Å². The summed E-state index contributed by atoms with van der Waals surface area (Å²) in [5.41, 5.74) is 1.27. The van der Waals surface area contributed by atoms with Crippen LogP contribution in [0.4, 0.5) is 10.2 Å². The first-order valence-corrected chi connectivity index (χ1v) is 11.5. The van der Waals surface area contributed by atoms with Gasteiger partial charge < -0.3 is 19.4 Å². The Kier molecular flexibility index (Phi) is 6.69. The van der Waals surface area contributed by atoms with Crippen molar-refractivity contribution in [1.29, 1.82) is 0 Å². The molecule has 1 aliphatic heterocycles. The first-order chi connectivity index (χ1) is 15.9. The number of amides is 1. The summed E-state index contributed by atoms with van der Waals surface area (Å²) in [7, 11) is 3.28. The fourth-order valence-electron chi connectivity index (χ4n) is 3.88. The molecule has 0 fully saturated rings. The van der Waals surface area contributed by atoms with E-state index in [0.717, 1.165) is 5.56 Å². The smallest absolute Gasteiger partial charge is 0.279 e. The van der Waals surface area contributed by atoms with Gasteiger partial charge in [-0.3, -0.25) is 9.59 Å². The topological polar surface area (TPSA) is 82.5 Å². The van der Waals surface area contributed by atoms with E-state index in [1.165, 1.54) is 17.8 Å². The first kappa shape index (κ1) is 22.8. The zero-order valence-corrected chi connectivity index (χ0v) is 19.4. The minimum Gasteiger partial charge on any atom is -0.493 e. The number of fused-ring (bicyclic) bond motifs is 1. The normalized spacial score (nSPS) is 15.0. The summed E-state index contributed by atoms with van der Waals surface area (Å²) in [6.45, 7) is 2.37. The van der Waals surface area contributed by atoms with Crippen LogP contribution >= 0.6 is 11.8 Å². The van der Waals surface area contributed by atoms with Gasteiger partial charge in [0.15, 0.2) is 16.7 Å². The van der Waals surface area contributed by atoms with Gasteiger partial charge in [0.2, 0.25) is 5.91 Å². The number of ether oxygens (including phenoxy) is 2. The van der Waals surface area contributed by atoms with E-state index in [-0.39, 0.29) is 18.1 Å². The molecule has 9 heteroatoms. The summed E-state index contributed by atoms with van der Waals surface area (Å²) >= 11 is 1.24. The van der Waals surface area contributed by atoms with E-state index in [4.69, 9.17) is 9.47 Å². The number of methoxy groups -OCH3 is 1. The summed E-state index contributed by atoms with van der Waals surface area (Å²) in [5, 5.41) is 3.22. The molecule has 1 aliphatic rings. The number of thioether (sulfide) groups is 1. The van der Waals surface area contributed by atoms with Crippen molar-refractivity contribution in [3.8, 4) is 11.5 Å². The number of hydrogen-bond donors (Lipinski definition) is 1. The van der Waals surface area contributed by atoms with Crippen LogP contribution < -0.4 is 20.3 Å². The summed E-state index contributed by atoms with van der Waals surface area (Å²) in [4.78, 5) is 29.9. The highest BCUT2D eigenvalue weighted by molar-refractivity contribution is 7.98. The van der Waals surface area contributed by atoms with Crippen molar-refractivity contribution in [2.45, 2.75) is 30.2 Å². The Morgan fingerprint density at radius 3 is 2.73 bits per heavy atom. The molecular weight excluding hydrogens is 445 g/mol. The number of hydrogen-bond acceptors (Lipinski definition) is 6. The van der Waals surface area contributed by atoms with Crippen molar-refractivity contribution >= 4 is 23.5 Å². The molecule has 2 aromatic carbocycles. The minimum atomic E-state index is -0.477. The third kappa shape index (κ3) is 4.59. The molecule has 0 spiro atoms. The fourth-order valence-corrected chi connectivity index (χ4v) is 4.83. The average Bonchev–Trinajstić information content (AvgIpc) is 2.81. The molecule has 0 aliphatic carbocycles. The number of rotatable bonds is 7. The van der Waals surface area contributed by atoms with Crippen molar-refractivity contribution < 1.29 is 18.7 Å². The van der Waals surface area contributed by atoms with Crippen LogP contribution in [0.25, 0.3) is 0 Å². The molecule has 0 saturated heterocycles. The lowest BCUT2D eigenvalue weighted by molar-refractivity contribution is -0.116. The van der Waals surface area contributed by atoms with Crippen molar-refractivity contribution in [3.63, 3.8) is 0 Å². The molecule has 1 N–H and O–H groups in total. The molecule has 0 saturated carbocycles. The third-order valence-electron chi connectivity index (χ3n) is 5.51. The molecule has 1 atom stereocenters. The Morgan fingerprint density at radius 2 is 2.00 bits per heavy atom. The second-order valence-electron chi connectivity index (χ2n) is 7.55. The highest BCUT2D eigenvalue weighted by Gasteiger charge is 2.32. The van der Waals surface area contributed by atoms with Crippen LogP contribution in [0.5, 0.6) is 11.5 Å². The molecular formula is C24H24FN3O4S. The van der Waals surface area contributed by atoms with Crippen molar-refractivity contribution in [1.82, 2.24) is 9.55 Å². The van der Waals surface area contributed by atoms with Gasteiger partial charge in [-0.15, -0.1) is 0 Å². The van der Waals surface area contributed by atoms with Crippen LogP contribution in [0.1, 0.15) is 36.0 Å². The molecule has 0 unspecified atom stereocenters. The number of aromatic nitrogens is 2. The number of nitrogens with one attached hydrogen (secondary N) is 1. The van der Waals surface area contributed by atoms with Crippen LogP contribution in [-0.2, 0) is 17.6 Å². The van der Waals surface area contributed by atoms with E-state index in [9.17, 15) is 14.0 Å². The maximum atomic E-state index is 14.0. The summed E-state index contributed by atoms with van der Waals surface area (Å²) in [6, 6.07) is 11.9. The molecule has 4 rings (SSSR count). The van der Waals surface area contributed by atoms with E-state index in [2.05, 4.69) is 10.3 Å². The highest BCUT2D eigenvalue weighted by Crippen LogP contribution is 2.39. The van der Waals surface area contributed by atoms with E-state index in [0.29, 0.717) is 46.0 Å². The number of benzene rings is 2. The predicted octanol–water partition coefficient (Wildman–Crippen LogP) is 4.09. The van der Waals surface area contributed by atoms with Gasteiger partial charge in [0.25, 0.3) is 5.56 Å². The molecule has 0 bridgehead atoms. The largest absolute Gasteiger partial charge is 0.493 e. The molecule has 1 aromatic heterocycles. The number of halogens is 1. The van der Waals surface area contributed by atoms with Gasteiger partial charge in [-0.1, -0.05) is 36.0 Å². The molecule has 2 heterocycles. The van der Waals surface area contributed by atoms with Gasteiger partial charge in [-0.05, 0) is 36.2 Å². The maximum absolute atomic E-state index is 14.0. The Morgan fingerprint density at radius 1 is 1.21 bits per heavy atom. The van der Waals surface area contributed by atoms with Crippen molar-refractivity contribution in [2.75, 3.05) is 19.0 Å². The van der Waals surface area contributed by atoms with Crippen LogP contribution in [0, 0.1) is 5.82 Å². The molecule has 172 valence electrons. The van der Waals surface area contributed by atoms with E-state index >= 15 is 0 Å². The second kappa shape index (κ2) is 9.66. The van der Waals surface area contributed by atoms with E-state index in [1.807, 2.05) is 13.0 Å². The molecule has 33 heavy (non-hydrogen) atoms. The molecule has 0 radical (unpaired) electrons. The zero-order chi connectivity index (χ0) is 23.5. The van der Waals surface area contributed by atoms with E-state index < -0.39 is 11.5 Å². The second-order valence-corrected chi connectivity index (χ2v) is 8.49. The van der Waals surface area contributed by atoms with Gasteiger partial charge in [0, 0.05) is 25.1 Å². The van der Waals surface area contributed by atoms with Crippen LogP contribution in [0.2, 0.25) is 0 Å². The first-order valence-electron chi connectivity index (χ1n) is 10.5. The van der Waals surface area contributed by atoms with Gasteiger partial charge in [-0.25, -0.2) is 4.39 Å². The number of anilines is 1.